The fourth-order valence-electron chi connectivity index (χ4n) is 2.49. The third-order valence-corrected chi connectivity index (χ3v) is 3.36. The maximum absolute atomic E-state index is 12.6. The van der Waals surface area contributed by atoms with Crippen LogP contribution in [0, 0.1) is 0 Å². The fraction of sp³-hybridized carbons (Fsp3) is 0.538. The summed E-state index contributed by atoms with van der Waals surface area (Å²) in [6, 6.07) is 0.147. The molecule has 8 heteroatoms. The van der Waals surface area contributed by atoms with Crippen molar-refractivity contribution >= 4 is 17.6 Å². The molecule has 0 saturated carbocycles. The highest BCUT2D eigenvalue weighted by Crippen LogP contribution is 2.27. The van der Waals surface area contributed by atoms with E-state index in [2.05, 4.69) is 15.3 Å². The van der Waals surface area contributed by atoms with E-state index in [1.807, 2.05) is 0 Å². The van der Waals surface area contributed by atoms with Crippen molar-refractivity contribution in [1.29, 1.82) is 0 Å². The Morgan fingerprint density at radius 1 is 1.43 bits per heavy atom. The second-order valence-electron chi connectivity index (χ2n) is 5.36. The molecule has 0 spiro atoms. The first-order valence-corrected chi connectivity index (χ1v) is 6.57. The van der Waals surface area contributed by atoms with Crippen molar-refractivity contribution in [3.05, 3.63) is 11.3 Å². The van der Waals surface area contributed by atoms with Crippen molar-refractivity contribution in [3.63, 3.8) is 0 Å². The highest BCUT2D eigenvalue weighted by atomic mass is 16.5. The maximum atomic E-state index is 12.6. The number of rotatable bonds is 3. The number of hydrogen-bond acceptors (Lipinski definition) is 6. The predicted molar refractivity (Wildman–Crippen MR) is 75.6 cm³/mol. The highest BCUT2D eigenvalue weighted by molar-refractivity contribution is 6.01. The minimum atomic E-state index is -0.813. The lowest BCUT2D eigenvalue weighted by molar-refractivity contribution is -0.122. The number of hydrogen-bond donors (Lipinski definition) is 2. The van der Waals surface area contributed by atoms with Gasteiger partial charge in [0.2, 0.25) is 5.91 Å². The van der Waals surface area contributed by atoms with E-state index in [9.17, 15) is 9.59 Å². The van der Waals surface area contributed by atoms with Crippen LogP contribution in [0.15, 0.2) is 0 Å². The van der Waals surface area contributed by atoms with Gasteiger partial charge in [0, 0.05) is 19.9 Å². The van der Waals surface area contributed by atoms with E-state index < -0.39 is 5.66 Å². The minimum Gasteiger partial charge on any atom is -0.467 e. The van der Waals surface area contributed by atoms with Crippen molar-refractivity contribution in [2.45, 2.75) is 32.9 Å². The van der Waals surface area contributed by atoms with Crippen molar-refractivity contribution in [2.75, 3.05) is 19.4 Å². The van der Waals surface area contributed by atoms with Crippen molar-refractivity contribution in [1.82, 2.24) is 20.2 Å². The van der Waals surface area contributed by atoms with Gasteiger partial charge in [0.15, 0.2) is 0 Å². The zero-order valence-corrected chi connectivity index (χ0v) is 12.6. The van der Waals surface area contributed by atoms with Gasteiger partial charge in [-0.15, -0.1) is 0 Å². The van der Waals surface area contributed by atoms with Crippen LogP contribution in [0.25, 0.3) is 0 Å². The second-order valence-corrected chi connectivity index (χ2v) is 5.36. The lowest BCUT2D eigenvalue weighted by Gasteiger charge is -2.41. The van der Waals surface area contributed by atoms with Crippen LogP contribution in [0.1, 0.15) is 36.8 Å². The molecule has 21 heavy (non-hydrogen) atoms. The van der Waals surface area contributed by atoms with Crippen LogP contribution in [0.4, 0.5) is 5.82 Å². The number of ether oxygens (including phenoxy) is 1. The summed E-state index contributed by atoms with van der Waals surface area (Å²) in [4.78, 5) is 33.6. The van der Waals surface area contributed by atoms with E-state index in [1.54, 1.807) is 18.7 Å². The number of fused-ring (bicyclic) bond motifs is 1. The van der Waals surface area contributed by atoms with Gasteiger partial charge in [0.1, 0.15) is 17.0 Å². The number of nitrogens with zero attached hydrogens (tertiary/aromatic N) is 3. The summed E-state index contributed by atoms with van der Waals surface area (Å²) in [5.41, 5.74) is 5.88. The Labute approximate surface area is 122 Å². The molecule has 8 nitrogen and oxygen atoms in total. The number of nitrogens with one attached hydrogen (secondary N) is 1. The van der Waals surface area contributed by atoms with E-state index in [4.69, 9.17) is 10.5 Å². The van der Waals surface area contributed by atoms with E-state index in [-0.39, 0.29) is 29.2 Å². The first-order chi connectivity index (χ1) is 9.76. The molecule has 0 fully saturated rings. The molecule has 1 aromatic rings. The summed E-state index contributed by atoms with van der Waals surface area (Å²) in [6.07, 6.45) is 0.521. The Kier molecular flexibility index (Phi) is 3.71. The third-order valence-electron chi connectivity index (χ3n) is 3.36. The molecule has 1 aromatic heterocycles. The molecule has 0 radical (unpaired) electrons. The molecule has 1 aliphatic heterocycles. The molecule has 114 valence electrons. The average Bonchev–Trinajstić information content (AvgIpc) is 2.36. The Bertz CT molecular complexity index is 600. The number of nitrogens with two attached hydrogens (primary N) is 1. The Balaban J connectivity index is 2.39. The molecule has 0 aliphatic carbocycles. The summed E-state index contributed by atoms with van der Waals surface area (Å²) < 4.78 is 4.96. The molecule has 3 N–H and O–H groups in total. The van der Waals surface area contributed by atoms with Gasteiger partial charge in [0.25, 0.3) is 5.91 Å². The first kappa shape index (κ1) is 15.0. The number of amides is 2. The molecular weight excluding hydrogens is 274 g/mol. The fourth-order valence-corrected chi connectivity index (χ4v) is 2.49. The van der Waals surface area contributed by atoms with Crippen molar-refractivity contribution < 1.29 is 14.3 Å². The Hall–Kier alpha value is -2.38. The summed E-state index contributed by atoms with van der Waals surface area (Å²) in [6.45, 7) is 5.36. The lowest BCUT2D eigenvalue weighted by Crippen LogP contribution is -2.60. The molecule has 0 aromatic carbocycles. The van der Waals surface area contributed by atoms with Crippen LogP contribution in [0.5, 0.6) is 6.01 Å². The molecule has 2 heterocycles. The van der Waals surface area contributed by atoms with Gasteiger partial charge in [-0.1, -0.05) is 0 Å². The van der Waals surface area contributed by atoms with Crippen LogP contribution in [0.2, 0.25) is 0 Å². The number of aromatic nitrogens is 2. The zero-order valence-electron chi connectivity index (χ0n) is 12.6. The monoisotopic (exact) mass is 293 g/mol. The molecule has 2 rings (SSSR count). The topological polar surface area (TPSA) is 110 Å². The van der Waals surface area contributed by atoms with Gasteiger partial charge in [-0.3, -0.25) is 9.59 Å². The molecule has 0 bridgehead atoms. The lowest BCUT2D eigenvalue weighted by atomic mass is 10.0. The van der Waals surface area contributed by atoms with Crippen LogP contribution < -0.4 is 15.8 Å². The first-order valence-electron chi connectivity index (χ1n) is 6.57. The number of carbonyl (C=O) groups excluding carboxylic acids is 2. The number of nitrogen functional groups attached to an aromatic ring is 1. The highest BCUT2D eigenvalue weighted by Gasteiger charge is 2.38. The SMILES string of the molecule is COc1nc(N)c2c(n1)CCN(C(C)(C)NC(C)=O)C2=O. The van der Waals surface area contributed by atoms with Crippen molar-refractivity contribution in [3.8, 4) is 6.01 Å². The Morgan fingerprint density at radius 3 is 2.67 bits per heavy atom. The third kappa shape index (κ3) is 2.74. The largest absolute Gasteiger partial charge is 0.467 e. The molecule has 2 amide bonds. The number of anilines is 1. The minimum absolute atomic E-state index is 0.0881. The van der Waals surface area contributed by atoms with E-state index in [0.717, 1.165) is 0 Å². The summed E-state index contributed by atoms with van der Waals surface area (Å²) in [7, 11) is 1.44. The standard InChI is InChI=1S/C13H19N5O3/c1-7(19)17-13(2,3)18-6-5-8-9(11(18)20)10(14)16-12(15-8)21-4/h5-6H2,1-4H3,(H,17,19)(H2,14,15,16). The van der Waals surface area contributed by atoms with Gasteiger partial charge in [-0.2, -0.15) is 9.97 Å². The summed E-state index contributed by atoms with van der Waals surface area (Å²) in [5.74, 6) is -0.419. The van der Waals surface area contributed by atoms with Gasteiger partial charge < -0.3 is 20.7 Å². The predicted octanol–water partition coefficient (Wildman–Crippen LogP) is -0.0621. The van der Waals surface area contributed by atoms with Gasteiger partial charge in [0.05, 0.1) is 12.8 Å². The zero-order chi connectivity index (χ0) is 15.8. The molecule has 1 aliphatic rings. The van der Waals surface area contributed by atoms with Crippen LogP contribution in [-0.2, 0) is 11.2 Å². The quantitative estimate of drug-likeness (QED) is 0.807. The Morgan fingerprint density at radius 2 is 2.10 bits per heavy atom. The molecule has 0 unspecified atom stereocenters. The molecular formula is C13H19N5O3. The van der Waals surface area contributed by atoms with Gasteiger partial charge in [-0.05, 0) is 13.8 Å². The van der Waals surface area contributed by atoms with E-state index >= 15 is 0 Å². The number of carbonyl (C=O) groups is 2. The van der Waals surface area contributed by atoms with Crippen LogP contribution in [0.3, 0.4) is 0 Å². The van der Waals surface area contributed by atoms with Gasteiger partial charge >= 0.3 is 6.01 Å². The normalized spacial score (nSPS) is 14.7. The molecule has 0 saturated heterocycles. The molecule has 0 atom stereocenters. The number of methoxy groups -OCH3 is 1. The van der Waals surface area contributed by atoms with Crippen LogP contribution >= 0.6 is 0 Å². The van der Waals surface area contributed by atoms with Crippen molar-refractivity contribution in [2.24, 2.45) is 0 Å². The summed E-state index contributed by atoms with van der Waals surface area (Å²) >= 11 is 0. The van der Waals surface area contributed by atoms with E-state index in [0.29, 0.717) is 18.7 Å². The van der Waals surface area contributed by atoms with E-state index in [1.165, 1.54) is 14.0 Å². The summed E-state index contributed by atoms with van der Waals surface area (Å²) in [5, 5.41) is 2.75. The smallest absolute Gasteiger partial charge is 0.318 e. The van der Waals surface area contributed by atoms with Gasteiger partial charge in [-0.25, -0.2) is 0 Å². The average molecular weight is 293 g/mol. The van der Waals surface area contributed by atoms with Crippen LogP contribution in [-0.4, -0.2) is 46.0 Å². The maximum Gasteiger partial charge on any atom is 0.318 e. The second kappa shape index (κ2) is 5.19.